The van der Waals surface area contributed by atoms with Gasteiger partial charge in [-0.2, -0.15) is 0 Å². The summed E-state index contributed by atoms with van der Waals surface area (Å²) in [7, 11) is 0. The molecule has 0 saturated heterocycles. The molecule has 108 valence electrons. The average Bonchev–Trinajstić information content (AvgIpc) is 2.46. The van der Waals surface area contributed by atoms with Gasteiger partial charge >= 0.3 is 5.97 Å². The van der Waals surface area contributed by atoms with Crippen LogP contribution in [0.15, 0.2) is 47.4 Å². The van der Waals surface area contributed by atoms with E-state index >= 15 is 0 Å². The molecular weight excluding hydrogens is 297 g/mol. The van der Waals surface area contributed by atoms with Crippen LogP contribution in [0.4, 0.5) is 10.1 Å². The number of halogens is 1. The van der Waals surface area contributed by atoms with Crippen molar-refractivity contribution >= 4 is 23.4 Å². The van der Waals surface area contributed by atoms with Crippen LogP contribution in [0.25, 0.3) is 0 Å². The summed E-state index contributed by atoms with van der Waals surface area (Å²) >= 11 is 1.27. The molecule has 0 spiro atoms. The Morgan fingerprint density at radius 3 is 2.48 bits per heavy atom. The third-order valence-corrected chi connectivity index (χ3v) is 3.80. The largest absolute Gasteiger partial charge is 0.478 e. The van der Waals surface area contributed by atoms with E-state index in [9.17, 15) is 19.3 Å². The molecule has 0 unspecified atom stereocenters. The number of aromatic carboxylic acids is 1. The molecule has 2 aromatic carbocycles. The van der Waals surface area contributed by atoms with Crippen LogP contribution < -0.4 is 0 Å². The van der Waals surface area contributed by atoms with Gasteiger partial charge in [0.15, 0.2) is 0 Å². The minimum Gasteiger partial charge on any atom is -0.478 e. The second kappa shape index (κ2) is 6.36. The number of hydrogen-bond acceptors (Lipinski definition) is 4. The lowest BCUT2D eigenvalue weighted by Gasteiger charge is -2.05. The topological polar surface area (TPSA) is 80.4 Å². The first kappa shape index (κ1) is 15.0. The quantitative estimate of drug-likeness (QED) is 0.517. The number of rotatable bonds is 5. The molecule has 0 aromatic heterocycles. The van der Waals surface area contributed by atoms with Gasteiger partial charge in [0.2, 0.25) is 0 Å². The highest BCUT2D eigenvalue weighted by Crippen LogP contribution is 2.26. The Hall–Kier alpha value is -2.41. The molecule has 0 aliphatic carbocycles. The van der Waals surface area contributed by atoms with Gasteiger partial charge in [-0.15, -0.1) is 11.8 Å². The van der Waals surface area contributed by atoms with Gasteiger partial charge in [0.25, 0.3) is 5.69 Å². The number of hydrogen-bond donors (Lipinski definition) is 1. The van der Waals surface area contributed by atoms with Gasteiger partial charge in [0.05, 0.1) is 10.5 Å². The Bertz CT molecular complexity index is 688. The number of non-ortho nitro benzene ring substituents is 1. The number of benzene rings is 2. The first-order valence-corrected chi connectivity index (χ1v) is 6.85. The monoisotopic (exact) mass is 307 g/mol. The van der Waals surface area contributed by atoms with Crippen molar-refractivity contribution in [3.05, 3.63) is 69.5 Å². The maximum Gasteiger partial charge on any atom is 0.335 e. The van der Waals surface area contributed by atoms with Gasteiger partial charge in [-0.25, -0.2) is 9.18 Å². The predicted molar refractivity (Wildman–Crippen MR) is 76.0 cm³/mol. The molecule has 0 bridgehead atoms. The smallest absolute Gasteiger partial charge is 0.335 e. The van der Waals surface area contributed by atoms with E-state index in [4.69, 9.17) is 5.11 Å². The van der Waals surface area contributed by atoms with E-state index in [0.29, 0.717) is 0 Å². The summed E-state index contributed by atoms with van der Waals surface area (Å²) in [5.74, 6) is -1.35. The number of thioether (sulfide) groups is 1. The summed E-state index contributed by atoms with van der Waals surface area (Å²) in [6, 6.07) is 9.49. The molecule has 0 fully saturated rings. The summed E-state index contributed by atoms with van der Waals surface area (Å²) in [5.41, 5.74) is 0.285. The zero-order valence-corrected chi connectivity index (χ0v) is 11.5. The van der Waals surface area contributed by atoms with E-state index in [2.05, 4.69) is 0 Å². The molecule has 21 heavy (non-hydrogen) atoms. The van der Waals surface area contributed by atoms with Crippen LogP contribution in [0.5, 0.6) is 0 Å². The Labute approximate surface area is 123 Å². The van der Waals surface area contributed by atoms with Crippen LogP contribution in [0, 0.1) is 15.9 Å². The highest BCUT2D eigenvalue weighted by atomic mass is 32.2. The predicted octanol–water partition coefficient (Wildman–Crippen LogP) is 3.72. The number of nitro groups is 1. The van der Waals surface area contributed by atoms with Crippen molar-refractivity contribution in [1.29, 1.82) is 0 Å². The summed E-state index contributed by atoms with van der Waals surface area (Å²) < 4.78 is 13.6. The van der Waals surface area contributed by atoms with Gasteiger partial charge in [-0.3, -0.25) is 10.1 Å². The Balaban J connectivity index is 2.10. The van der Waals surface area contributed by atoms with Gasteiger partial charge in [-0.05, 0) is 35.9 Å². The zero-order chi connectivity index (χ0) is 15.4. The lowest BCUT2D eigenvalue weighted by Crippen LogP contribution is -1.99. The second-order valence-corrected chi connectivity index (χ2v) is 5.20. The molecule has 5 nitrogen and oxygen atoms in total. The SMILES string of the molecule is O=C(O)c1ccc(F)c(CSc2ccc([N+](=O)[O-])cc2)c1. The van der Waals surface area contributed by atoms with Crippen LogP contribution in [0.2, 0.25) is 0 Å². The number of carboxylic acids is 1. The molecule has 0 atom stereocenters. The molecule has 0 saturated carbocycles. The maximum absolute atomic E-state index is 13.6. The molecular formula is C14H10FNO4S. The van der Waals surface area contributed by atoms with Crippen LogP contribution in [0.1, 0.15) is 15.9 Å². The lowest BCUT2D eigenvalue weighted by molar-refractivity contribution is -0.384. The van der Waals surface area contributed by atoms with Crippen molar-refractivity contribution in [2.45, 2.75) is 10.6 Å². The third kappa shape index (κ3) is 3.79. The molecule has 0 amide bonds. The first-order valence-electron chi connectivity index (χ1n) is 5.86. The van der Waals surface area contributed by atoms with Crippen LogP contribution >= 0.6 is 11.8 Å². The molecule has 2 aromatic rings. The van der Waals surface area contributed by atoms with Gasteiger partial charge in [0, 0.05) is 22.8 Å². The van der Waals surface area contributed by atoms with Crippen molar-refractivity contribution in [1.82, 2.24) is 0 Å². The zero-order valence-electron chi connectivity index (χ0n) is 10.7. The number of nitro benzene ring substituents is 1. The van der Waals surface area contributed by atoms with E-state index in [-0.39, 0.29) is 22.6 Å². The highest BCUT2D eigenvalue weighted by Gasteiger charge is 2.09. The molecule has 0 aliphatic rings. The van der Waals surface area contributed by atoms with E-state index in [1.54, 1.807) is 12.1 Å². The molecule has 1 N–H and O–H groups in total. The van der Waals surface area contributed by atoms with Crippen LogP contribution in [-0.4, -0.2) is 16.0 Å². The van der Waals surface area contributed by atoms with Gasteiger partial charge in [0.1, 0.15) is 5.82 Å². The molecule has 0 radical (unpaired) electrons. The Morgan fingerprint density at radius 2 is 1.90 bits per heavy atom. The van der Waals surface area contributed by atoms with Crippen molar-refractivity contribution in [3.8, 4) is 0 Å². The minimum absolute atomic E-state index is 0.0154. The summed E-state index contributed by atoms with van der Waals surface area (Å²) in [4.78, 5) is 21.6. The fourth-order valence-corrected chi connectivity index (χ4v) is 2.52. The summed E-state index contributed by atoms with van der Waals surface area (Å²) in [6.07, 6.45) is 0. The number of nitrogens with zero attached hydrogens (tertiary/aromatic N) is 1. The van der Waals surface area contributed by atoms with E-state index < -0.39 is 16.7 Å². The number of carbonyl (C=O) groups is 1. The summed E-state index contributed by atoms with van der Waals surface area (Å²) in [5, 5.41) is 19.4. The normalized spacial score (nSPS) is 10.3. The Morgan fingerprint density at radius 1 is 1.24 bits per heavy atom. The van der Waals surface area contributed by atoms with Crippen LogP contribution in [0.3, 0.4) is 0 Å². The fraction of sp³-hybridized carbons (Fsp3) is 0.0714. The lowest BCUT2D eigenvalue weighted by atomic mass is 10.1. The van der Waals surface area contributed by atoms with E-state index in [0.717, 1.165) is 11.0 Å². The highest BCUT2D eigenvalue weighted by molar-refractivity contribution is 7.98. The van der Waals surface area contributed by atoms with Crippen molar-refractivity contribution in [3.63, 3.8) is 0 Å². The molecule has 0 aliphatic heterocycles. The number of carboxylic acid groups (broad SMARTS) is 1. The van der Waals surface area contributed by atoms with Crippen molar-refractivity contribution in [2.24, 2.45) is 0 Å². The van der Waals surface area contributed by atoms with Crippen LogP contribution in [-0.2, 0) is 5.75 Å². The van der Waals surface area contributed by atoms with Crippen molar-refractivity contribution < 1.29 is 19.2 Å². The molecule has 2 rings (SSSR count). The first-order chi connectivity index (χ1) is 9.97. The molecule has 7 heteroatoms. The Kier molecular flexibility index (Phi) is 4.54. The van der Waals surface area contributed by atoms with Gasteiger partial charge in [-0.1, -0.05) is 0 Å². The third-order valence-electron chi connectivity index (χ3n) is 2.73. The second-order valence-electron chi connectivity index (χ2n) is 4.15. The van der Waals surface area contributed by atoms with Gasteiger partial charge < -0.3 is 5.11 Å². The minimum atomic E-state index is -1.11. The van der Waals surface area contributed by atoms with E-state index in [1.165, 1.54) is 36.0 Å². The standard InChI is InChI=1S/C14H10FNO4S/c15-13-6-1-9(14(17)18)7-10(13)8-21-12-4-2-11(3-5-12)16(19)20/h1-7H,8H2,(H,17,18). The fourth-order valence-electron chi connectivity index (χ4n) is 1.64. The van der Waals surface area contributed by atoms with E-state index in [1.807, 2.05) is 0 Å². The van der Waals surface area contributed by atoms with Crippen molar-refractivity contribution in [2.75, 3.05) is 0 Å². The molecule has 0 heterocycles. The average molecular weight is 307 g/mol. The maximum atomic E-state index is 13.6. The summed E-state index contributed by atoms with van der Waals surface area (Å²) in [6.45, 7) is 0.